The van der Waals surface area contributed by atoms with Gasteiger partial charge in [0.25, 0.3) is 5.91 Å². The Morgan fingerprint density at radius 2 is 1.70 bits per heavy atom. The van der Waals surface area contributed by atoms with Crippen molar-refractivity contribution in [1.29, 1.82) is 0 Å². The molecule has 0 radical (unpaired) electrons. The Hall–Kier alpha value is -2.88. The van der Waals surface area contributed by atoms with Crippen molar-refractivity contribution in [3.05, 3.63) is 77.6 Å². The Morgan fingerprint density at radius 1 is 1.04 bits per heavy atom. The van der Waals surface area contributed by atoms with Gasteiger partial charge in [-0.3, -0.25) is 4.79 Å². The Balaban J connectivity index is 1.83. The van der Waals surface area contributed by atoms with E-state index in [1.165, 1.54) is 12.1 Å². The molecule has 0 fully saturated rings. The number of amides is 1. The lowest BCUT2D eigenvalue weighted by molar-refractivity contribution is 0.0948. The number of methoxy groups -OCH3 is 1. The number of rotatable bonds is 4. The third-order valence-corrected chi connectivity index (χ3v) is 3.68. The standard InChI is InChI=1S/C19H16FNO2/c1-23-18-11-15-5-3-2-4-14(15)10-17(18)19(22)21-12-13-6-8-16(20)9-7-13/h2-11H,12H2,1H3,(H,21,22). The molecule has 116 valence electrons. The fraction of sp³-hybridized carbons (Fsp3) is 0.105. The molecular weight excluding hydrogens is 293 g/mol. The summed E-state index contributed by atoms with van der Waals surface area (Å²) < 4.78 is 18.2. The van der Waals surface area contributed by atoms with Gasteiger partial charge in [0.1, 0.15) is 11.6 Å². The predicted octanol–water partition coefficient (Wildman–Crippen LogP) is 3.92. The topological polar surface area (TPSA) is 38.3 Å². The largest absolute Gasteiger partial charge is 0.496 e. The summed E-state index contributed by atoms with van der Waals surface area (Å²) in [6.07, 6.45) is 0. The van der Waals surface area contributed by atoms with Crippen LogP contribution in [0.25, 0.3) is 10.8 Å². The summed E-state index contributed by atoms with van der Waals surface area (Å²) in [6, 6.07) is 17.5. The van der Waals surface area contributed by atoms with Crippen LogP contribution in [0.2, 0.25) is 0 Å². The fourth-order valence-electron chi connectivity index (χ4n) is 2.45. The quantitative estimate of drug-likeness (QED) is 0.793. The van der Waals surface area contributed by atoms with Gasteiger partial charge in [0, 0.05) is 6.54 Å². The van der Waals surface area contributed by atoms with Gasteiger partial charge in [-0.15, -0.1) is 0 Å². The second-order valence-corrected chi connectivity index (χ2v) is 5.21. The van der Waals surface area contributed by atoms with E-state index in [1.54, 1.807) is 19.2 Å². The number of fused-ring (bicyclic) bond motifs is 1. The van der Waals surface area contributed by atoms with Crippen molar-refractivity contribution in [2.75, 3.05) is 7.11 Å². The smallest absolute Gasteiger partial charge is 0.255 e. The maximum Gasteiger partial charge on any atom is 0.255 e. The third-order valence-electron chi connectivity index (χ3n) is 3.68. The van der Waals surface area contributed by atoms with Gasteiger partial charge < -0.3 is 10.1 Å². The third kappa shape index (κ3) is 3.31. The molecule has 0 aliphatic carbocycles. The van der Waals surface area contributed by atoms with Gasteiger partial charge in [0.05, 0.1) is 12.7 Å². The molecule has 0 atom stereocenters. The summed E-state index contributed by atoms with van der Waals surface area (Å²) in [7, 11) is 1.54. The molecule has 3 rings (SSSR count). The zero-order chi connectivity index (χ0) is 16.2. The first-order valence-electron chi connectivity index (χ1n) is 7.27. The minimum Gasteiger partial charge on any atom is -0.496 e. The lowest BCUT2D eigenvalue weighted by Gasteiger charge is -2.11. The van der Waals surface area contributed by atoms with Crippen LogP contribution < -0.4 is 10.1 Å². The maximum absolute atomic E-state index is 12.9. The second-order valence-electron chi connectivity index (χ2n) is 5.21. The first kappa shape index (κ1) is 15.0. The zero-order valence-corrected chi connectivity index (χ0v) is 12.7. The van der Waals surface area contributed by atoms with Crippen LogP contribution >= 0.6 is 0 Å². The molecule has 0 unspecified atom stereocenters. The van der Waals surface area contributed by atoms with E-state index in [4.69, 9.17) is 4.74 Å². The molecule has 0 bridgehead atoms. The summed E-state index contributed by atoms with van der Waals surface area (Å²) in [5.41, 5.74) is 1.31. The number of carbonyl (C=O) groups excluding carboxylic acids is 1. The van der Waals surface area contributed by atoms with Crippen molar-refractivity contribution in [3.63, 3.8) is 0 Å². The van der Waals surface area contributed by atoms with Gasteiger partial charge in [0.15, 0.2) is 0 Å². The van der Waals surface area contributed by atoms with Crippen LogP contribution in [0.1, 0.15) is 15.9 Å². The highest BCUT2D eigenvalue weighted by Crippen LogP contribution is 2.25. The minimum absolute atomic E-state index is 0.225. The number of ether oxygens (including phenoxy) is 1. The normalized spacial score (nSPS) is 10.5. The van der Waals surface area contributed by atoms with Crippen molar-refractivity contribution in [2.45, 2.75) is 6.54 Å². The molecule has 0 heterocycles. The molecule has 0 spiro atoms. The van der Waals surface area contributed by atoms with E-state index in [0.717, 1.165) is 16.3 Å². The number of halogens is 1. The summed E-state index contributed by atoms with van der Waals surface area (Å²) >= 11 is 0. The molecular formula is C19H16FNO2. The van der Waals surface area contributed by atoms with Crippen LogP contribution in [0.5, 0.6) is 5.75 Å². The summed E-state index contributed by atoms with van der Waals surface area (Å²) in [6.45, 7) is 0.328. The summed E-state index contributed by atoms with van der Waals surface area (Å²) in [4.78, 5) is 12.4. The van der Waals surface area contributed by atoms with E-state index in [0.29, 0.717) is 17.9 Å². The van der Waals surface area contributed by atoms with E-state index in [-0.39, 0.29) is 11.7 Å². The molecule has 0 aliphatic rings. The molecule has 1 amide bonds. The van der Waals surface area contributed by atoms with Crippen LogP contribution in [-0.4, -0.2) is 13.0 Å². The molecule has 0 aromatic heterocycles. The number of benzene rings is 3. The molecule has 3 aromatic rings. The van der Waals surface area contributed by atoms with Crippen molar-refractivity contribution in [1.82, 2.24) is 5.32 Å². The van der Waals surface area contributed by atoms with Gasteiger partial charge in [0.2, 0.25) is 0 Å². The van der Waals surface area contributed by atoms with Crippen molar-refractivity contribution < 1.29 is 13.9 Å². The van der Waals surface area contributed by atoms with Gasteiger partial charge in [-0.2, -0.15) is 0 Å². The lowest BCUT2D eigenvalue weighted by Crippen LogP contribution is -2.23. The van der Waals surface area contributed by atoms with Crippen molar-refractivity contribution in [2.24, 2.45) is 0 Å². The van der Waals surface area contributed by atoms with E-state index in [1.807, 2.05) is 36.4 Å². The minimum atomic E-state index is -0.295. The van der Waals surface area contributed by atoms with Crippen LogP contribution in [-0.2, 0) is 6.54 Å². The Kier molecular flexibility index (Phi) is 4.24. The summed E-state index contributed by atoms with van der Waals surface area (Å²) in [5, 5.41) is 4.82. The predicted molar refractivity (Wildman–Crippen MR) is 88.1 cm³/mol. The van der Waals surface area contributed by atoms with E-state index >= 15 is 0 Å². The van der Waals surface area contributed by atoms with Crippen molar-refractivity contribution >= 4 is 16.7 Å². The van der Waals surface area contributed by atoms with Crippen LogP contribution in [0.4, 0.5) is 4.39 Å². The van der Waals surface area contributed by atoms with Crippen LogP contribution in [0.15, 0.2) is 60.7 Å². The SMILES string of the molecule is COc1cc2ccccc2cc1C(=O)NCc1ccc(F)cc1. The number of hydrogen-bond acceptors (Lipinski definition) is 2. The van der Waals surface area contributed by atoms with E-state index in [2.05, 4.69) is 5.32 Å². The monoisotopic (exact) mass is 309 g/mol. The first-order valence-corrected chi connectivity index (χ1v) is 7.27. The van der Waals surface area contributed by atoms with E-state index in [9.17, 15) is 9.18 Å². The maximum atomic E-state index is 12.9. The average molecular weight is 309 g/mol. The molecule has 0 saturated heterocycles. The number of nitrogens with one attached hydrogen (secondary N) is 1. The molecule has 0 saturated carbocycles. The van der Waals surface area contributed by atoms with Gasteiger partial charge in [-0.05, 0) is 40.6 Å². The summed E-state index contributed by atoms with van der Waals surface area (Å²) in [5.74, 6) is 0.00788. The fourth-order valence-corrected chi connectivity index (χ4v) is 2.45. The molecule has 23 heavy (non-hydrogen) atoms. The second kappa shape index (κ2) is 6.48. The number of hydrogen-bond donors (Lipinski definition) is 1. The lowest BCUT2D eigenvalue weighted by atomic mass is 10.1. The Labute approximate surface area is 133 Å². The Morgan fingerprint density at radius 3 is 2.35 bits per heavy atom. The highest BCUT2D eigenvalue weighted by Gasteiger charge is 2.13. The van der Waals surface area contributed by atoms with Gasteiger partial charge >= 0.3 is 0 Å². The average Bonchev–Trinajstić information content (AvgIpc) is 2.59. The van der Waals surface area contributed by atoms with Gasteiger partial charge in [-0.25, -0.2) is 4.39 Å². The zero-order valence-electron chi connectivity index (χ0n) is 12.7. The van der Waals surface area contributed by atoms with Crippen LogP contribution in [0, 0.1) is 5.82 Å². The molecule has 4 heteroatoms. The molecule has 3 aromatic carbocycles. The number of carbonyl (C=O) groups is 1. The molecule has 3 nitrogen and oxygen atoms in total. The van der Waals surface area contributed by atoms with Gasteiger partial charge in [-0.1, -0.05) is 36.4 Å². The van der Waals surface area contributed by atoms with Crippen LogP contribution in [0.3, 0.4) is 0 Å². The van der Waals surface area contributed by atoms with E-state index < -0.39 is 0 Å². The highest BCUT2D eigenvalue weighted by atomic mass is 19.1. The first-order chi connectivity index (χ1) is 11.2. The molecule has 1 N–H and O–H groups in total. The van der Waals surface area contributed by atoms with Crippen molar-refractivity contribution in [3.8, 4) is 5.75 Å². The Bertz CT molecular complexity index is 844. The molecule has 0 aliphatic heterocycles. The highest BCUT2D eigenvalue weighted by molar-refractivity contribution is 6.01.